The van der Waals surface area contributed by atoms with Crippen LogP contribution in [0.15, 0.2) is 36.4 Å². The normalized spacial score (nSPS) is 14.9. The van der Waals surface area contributed by atoms with E-state index in [0.717, 1.165) is 0 Å². The van der Waals surface area contributed by atoms with E-state index < -0.39 is 45.3 Å². The van der Waals surface area contributed by atoms with Gasteiger partial charge in [0, 0.05) is 19.0 Å². The Hall–Kier alpha value is -3.66. The van der Waals surface area contributed by atoms with E-state index in [2.05, 4.69) is 4.98 Å². The van der Waals surface area contributed by atoms with Gasteiger partial charge in [-0.05, 0) is 24.5 Å². The number of carboxylic acids is 1. The van der Waals surface area contributed by atoms with Crippen molar-refractivity contribution in [3.05, 3.63) is 58.8 Å². The third kappa shape index (κ3) is 5.82. The minimum atomic E-state index is -5.05. The van der Waals surface area contributed by atoms with Gasteiger partial charge in [-0.3, -0.25) is 9.52 Å². The predicted octanol–water partition coefficient (Wildman–Crippen LogP) is 2.53. The van der Waals surface area contributed by atoms with Crippen LogP contribution in [-0.2, 0) is 26.7 Å². The average molecular weight is 496 g/mol. The number of sulfonamides is 1. The Bertz CT molecular complexity index is 1240. The van der Waals surface area contributed by atoms with Crippen LogP contribution in [-0.4, -0.2) is 43.5 Å². The van der Waals surface area contributed by atoms with Crippen LogP contribution >= 0.6 is 0 Å². The summed E-state index contributed by atoms with van der Waals surface area (Å²) in [6.07, 6.45) is -4.86. The quantitative estimate of drug-likeness (QED) is 0.622. The average Bonchev–Trinajstić information content (AvgIpc) is 2.77. The molecule has 2 aromatic rings. The maximum absolute atomic E-state index is 13.3. The van der Waals surface area contributed by atoms with Gasteiger partial charge in [0.05, 0.1) is 16.9 Å². The van der Waals surface area contributed by atoms with Gasteiger partial charge in [-0.2, -0.15) is 18.4 Å². The third-order valence-electron chi connectivity index (χ3n) is 5.24. The van der Waals surface area contributed by atoms with E-state index in [-0.39, 0.29) is 43.1 Å². The Balaban J connectivity index is 1.72. The van der Waals surface area contributed by atoms with Gasteiger partial charge in [-0.1, -0.05) is 30.3 Å². The first-order valence-corrected chi connectivity index (χ1v) is 11.7. The number of carboxylic acid groups (broad SMARTS) is 1. The van der Waals surface area contributed by atoms with Gasteiger partial charge in [-0.25, -0.2) is 18.2 Å². The maximum Gasteiger partial charge on any atom is 0.434 e. The third-order valence-corrected chi connectivity index (χ3v) is 6.47. The molecule has 1 aromatic heterocycles. The van der Waals surface area contributed by atoms with E-state index in [4.69, 9.17) is 5.11 Å². The van der Waals surface area contributed by atoms with Gasteiger partial charge in [0.15, 0.2) is 5.69 Å². The summed E-state index contributed by atoms with van der Waals surface area (Å²) in [6, 6.07) is 10.6. The van der Waals surface area contributed by atoms with E-state index in [1.165, 1.54) is 4.90 Å². The van der Waals surface area contributed by atoms with Gasteiger partial charge >= 0.3 is 12.1 Å². The summed E-state index contributed by atoms with van der Waals surface area (Å²) < 4.78 is 66.6. The number of anilines is 1. The van der Waals surface area contributed by atoms with Crippen molar-refractivity contribution in [2.45, 2.75) is 24.8 Å². The number of nitrogens with one attached hydrogen (secondary N) is 1. The molecule has 1 saturated heterocycles. The molecular formula is C21H19F3N4O5S. The second-order valence-corrected chi connectivity index (χ2v) is 9.37. The number of alkyl halides is 3. The molecule has 0 atom stereocenters. The van der Waals surface area contributed by atoms with Crippen molar-refractivity contribution < 1.29 is 36.3 Å². The monoisotopic (exact) mass is 496 g/mol. The standard InChI is InChI=1S/C21H19F3N4O5S/c22-21(23,24)17-16(20(30)31)10-15(11-25)18(26-17)28-8-6-14(7-9-28)19(29)27-34(32,33)12-13-4-2-1-3-5-13/h1-5,10,14H,6-9,12H2,(H,27,29)(H,30,31). The molecule has 34 heavy (non-hydrogen) atoms. The van der Waals surface area contributed by atoms with Crippen LogP contribution < -0.4 is 9.62 Å². The van der Waals surface area contributed by atoms with E-state index in [9.17, 15) is 36.4 Å². The lowest BCUT2D eigenvalue weighted by molar-refractivity contribution is -0.141. The minimum Gasteiger partial charge on any atom is -0.478 e. The zero-order valence-electron chi connectivity index (χ0n) is 17.5. The summed E-state index contributed by atoms with van der Waals surface area (Å²) >= 11 is 0. The largest absolute Gasteiger partial charge is 0.478 e. The molecule has 3 rings (SSSR count). The SMILES string of the molecule is N#Cc1cc(C(=O)O)c(C(F)(F)F)nc1N1CCC(C(=O)NS(=O)(=O)Cc2ccccc2)CC1. The van der Waals surface area contributed by atoms with Gasteiger partial charge in [0.25, 0.3) is 0 Å². The molecule has 1 aliphatic heterocycles. The van der Waals surface area contributed by atoms with E-state index in [1.807, 2.05) is 4.72 Å². The number of piperidine rings is 1. The lowest BCUT2D eigenvalue weighted by atomic mass is 9.96. The topological polar surface area (TPSA) is 140 Å². The number of amides is 1. The first kappa shape index (κ1) is 25.0. The fraction of sp³-hybridized carbons (Fsp3) is 0.333. The number of hydrogen-bond acceptors (Lipinski definition) is 7. The summed E-state index contributed by atoms with van der Waals surface area (Å²) in [6.45, 7) is 0.0322. The molecule has 180 valence electrons. The van der Waals surface area contributed by atoms with E-state index in [0.29, 0.717) is 11.6 Å². The fourth-order valence-electron chi connectivity index (χ4n) is 3.63. The number of nitrogens with zero attached hydrogens (tertiary/aromatic N) is 3. The highest BCUT2D eigenvalue weighted by molar-refractivity contribution is 7.89. The Morgan fingerprint density at radius 2 is 1.82 bits per heavy atom. The fourth-order valence-corrected chi connectivity index (χ4v) is 4.80. The summed E-state index contributed by atoms with van der Waals surface area (Å²) in [5.74, 6) is -4.02. The Kier molecular flexibility index (Phi) is 7.11. The molecule has 1 fully saturated rings. The number of pyridine rings is 1. The summed E-state index contributed by atoms with van der Waals surface area (Å²) in [7, 11) is -3.94. The van der Waals surface area contributed by atoms with Crippen LogP contribution in [0.3, 0.4) is 0 Å². The molecular weight excluding hydrogens is 477 g/mol. The van der Waals surface area contributed by atoms with Crippen molar-refractivity contribution in [2.75, 3.05) is 18.0 Å². The molecule has 0 unspecified atom stereocenters. The number of hydrogen-bond donors (Lipinski definition) is 2. The van der Waals surface area contributed by atoms with Crippen LogP contribution in [0.2, 0.25) is 0 Å². The molecule has 2 heterocycles. The number of nitriles is 1. The Morgan fingerprint density at radius 3 is 2.35 bits per heavy atom. The van der Waals surface area contributed by atoms with Gasteiger partial charge in [0.1, 0.15) is 11.9 Å². The number of carbonyl (C=O) groups is 2. The number of rotatable bonds is 6. The predicted molar refractivity (Wildman–Crippen MR) is 113 cm³/mol. The maximum atomic E-state index is 13.3. The molecule has 13 heteroatoms. The van der Waals surface area contributed by atoms with Crippen LogP contribution in [0, 0.1) is 17.2 Å². The molecule has 1 aliphatic rings. The molecule has 0 aliphatic carbocycles. The van der Waals surface area contributed by atoms with Crippen molar-refractivity contribution in [1.29, 1.82) is 5.26 Å². The van der Waals surface area contributed by atoms with Crippen LogP contribution in [0.5, 0.6) is 0 Å². The van der Waals surface area contributed by atoms with E-state index >= 15 is 0 Å². The number of halogens is 3. The first-order valence-electron chi connectivity index (χ1n) is 10.00. The van der Waals surface area contributed by atoms with Crippen molar-refractivity contribution in [2.24, 2.45) is 5.92 Å². The molecule has 0 bridgehead atoms. The molecule has 1 aromatic carbocycles. The number of carbonyl (C=O) groups excluding carboxylic acids is 1. The second kappa shape index (κ2) is 9.68. The zero-order valence-corrected chi connectivity index (χ0v) is 18.4. The summed E-state index contributed by atoms with van der Waals surface area (Å²) in [4.78, 5) is 28.5. The van der Waals surface area contributed by atoms with Crippen LogP contribution in [0.25, 0.3) is 0 Å². The van der Waals surface area contributed by atoms with E-state index in [1.54, 1.807) is 36.4 Å². The smallest absolute Gasteiger partial charge is 0.434 e. The molecule has 1 amide bonds. The van der Waals surface area contributed by atoms with Crippen LogP contribution in [0.4, 0.5) is 19.0 Å². The highest BCUT2D eigenvalue weighted by Crippen LogP contribution is 2.34. The Morgan fingerprint density at radius 1 is 1.21 bits per heavy atom. The molecule has 0 saturated carbocycles. The summed E-state index contributed by atoms with van der Waals surface area (Å²) in [5.41, 5.74) is -2.61. The first-order chi connectivity index (χ1) is 15.9. The minimum absolute atomic E-state index is 0.0161. The second-order valence-electron chi connectivity index (χ2n) is 7.64. The van der Waals surface area contributed by atoms with Crippen molar-refractivity contribution in [1.82, 2.24) is 9.71 Å². The highest BCUT2D eigenvalue weighted by Gasteiger charge is 2.39. The van der Waals surface area contributed by atoms with Gasteiger partial charge in [0.2, 0.25) is 15.9 Å². The van der Waals surface area contributed by atoms with Gasteiger partial charge < -0.3 is 10.0 Å². The van der Waals surface area contributed by atoms with Crippen LogP contribution in [0.1, 0.15) is 40.0 Å². The molecule has 2 N–H and O–H groups in total. The zero-order chi connectivity index (χ0) is 25.1. The lowest BCUT2D eigenvalue weighted by Crippen LogP contribution is -2.43. The number of benzene rings is 1. The molecule has 0 spiro atoms. The van der Waals surface area contributed by atoms with Crippen molar-refractivity contribution in [3.8, 4) is 6.07 Å². The van der Waals surface area contributed by atoms with Gasteiger partial charge in [-0.15, -0.1) is 0 Å². The number of aromatic carboxylic acids is 1. The van der Waals surface area contributed by atoms with Crippen molar-refractivity contribution in [3.63, 3.8) is 0 Å². The Labute approximate surface area is 192 Å². The van der Waals surface area contributed by atoms with Crippen molar-refractivity contribution >= 4 is 27.7 Å². The molecule has 9 nitrogen and oxygen atoms in total. The lowest BCUT2D eigenvalue weighted by Gasteiger charge is -2.33. The number of aromatic nitrogens is 1. The summed E-state index contributed by atoms with van der Waals surface area (Å²) in [5, 5.41) is 18.4. The highest BCUT2D eigenvalue weighted by atomic mass is 32.2. The molecule has 0 radical (unpaired) electrons.